The summed E-state index contributed by atoms with van der Waals surface area (Å²) < 4.78 is 4.71. The number of rotatable bonds is 2. The molecule has 0 aliphatic carbocycles. The average molecular weight is 214 g/mol. The number of hydrogen-bond donors (Lipinski definition) is 3. The van der Waals surface area contributed by atoms with Crippen molar-refractivity contribution in [2.45, 2.75) is 6.92 Å². The molecule has 6 heteroatoms. The van der Waals surface area contributed by atoms with Crippen molar-refractivity contribution in [3.8, 4) is 5.75 Å². The van der Waals surface area contributed by atoms with Gasteiger partial charge < -0.3 is 19.1 Å². The lowest BCUT2D eigenvalue weighted by Gasteiger charge is -2.09. The molecule has 14 heavy (non-hydrogen) atoms. The molecule has 1 rings (SSSR count). The standard InChI is InChI=1S/C8H10O5Si/c1-6(9)13-7-2-4-8(5-3-7)14(10,11)12/h2-5,10-12H,1H3. The summed E-state index contributed by atoms with van der Waals surface area (Å²) in [5, 5.41) is 0.0356. The maximum atomic E-state index is 10.5. The van der Waals surface area contributed by atoms with Crippen LogP contribution in [0.25, 0.3) is 0 Å². The van der Waals surface area contributed by atoms with Crippen molar-refractivity contribution in [2.75, 3.05) is 0 Å². The van der Waals surface area contributed by atoms with Gasteiger partial charge >= 0.3 is 14.8 Å². The van der Waals surface area contributed by atoms with Gasteiger partial charge in [-0.05, 0) is 12.1 Å². The second kappa shape index (κ2) is 3.89. The summed E-state index contributed by atoms with van der Waals surface area (Å²) in [4.78, 5) is 37.2. The van der Waals surface area contributed by atoms with Gasteiger partial charge in [0.25, 0.3) is 0 Å². The van der Waals surface area contributed by atoms with Crippen molar-refractivity contribution >= 4 is 20.0 Å². The van der Waals surface area contributed by atoms with E-state index in [0.29, 0.717) is 5.75 Å². The highest BCUT2D eigenvalue weighted by atomic mass is 28.4. The van der Waals surface area contributed by atoms with Crippen molar-refractivity contribution in [2.24, 2.45) is 0 Å². The molecular formula is C8H10O5Si. The highest BCUT2D eigenvalue weighted by Crippen LogP contribution is 2.08. The van der Waals surface area contributed by atoms with Gasteiger partial charge in [0, 0.05) is 12.1 Å². The van der Waals surface area contributed by atoms with Crippen molar-refractivity contribution in [1.82, 2.24) is 0 Å². The first kappa shape index (κ1) is 10.9. The molecule has 0 aliphatic rings. The first-order valence-electron chi connectivity index (χ1n) is 3.85. The monoisotopic (exact) mass is 214 g/mol. The van der Waals surface area contributed by atoms with Crippen LogP contribution in [-0.4, -0.2) is 29.2 Å². The van der Waals surface area contributed by atoms with Crippen LogP contribution in [0.3, 0.4) is 0 Å². The first-order valence-corrected chi connectivity index (χ1v) is 5.70. The molecule has 0 aromatic heterocycles. The topological polar surface area (TPSA) is 87.0 Å². The Kier molecular flexibility index (Phi) is 3.02. The molecule has 0 unspecified atom stereocenters. The second-order valence-corrected chi connectivity index (χ2v) is 4.60. The van der Waals surface area contributed by atoms with E-state index in [1.807, 2.05) is 0 Å². The Hall–Kier alpha value is -1.21. The Morgan fingerprint density at radius 1 is 1.21 bits per heavy atom. The smallest absolute Gasteiger partial charge is 0.427 e. The van der Waals surface area contributed by atoms with E-state index in [0.717, 1.165) is 0 Å². The number of ether oxygens (including phenoxy) is 1. The van der Waals surface area contributed by atoms with Gasteiger partial charge in [-0.2, -0.15) is 0 Å². The molecule has 0 heterocycles. The number of benzene rings is 1. The second-order valence-electron chi connectivity index (χ2n) is 2.75. The molecule has 0 spiro atoms. The summed E-state index contributed by atoms with van der Waals surface area (Å²) >= 11 is 0. The Bertz CT molecular complexity index is 327. The predicted octanol–water partition coefficient (Wildman–Crippen LogP) is -1.27. The van der Waals surface area contributed by atoms with Crippen LogP contribution in [0, 0.1) is 0 Å². The van der Waals surface area contributed by atoms with Crippen LogP contribution in [0.2, 0.25) is 0 Å². The highest BCUT2D eigenvalue weighted by Gasteiger charge is 2.29. The van der Waals surface area contributed by atoms with Crippen molar-refractivity contribution in [1.29, 1.82) is 0 Å². The Morgan fingerprint density at radius 2 is 1.71 bits per heavy atom. The lowest BCUT2D eigenvalue weighted by molar-refractivity contribution is -0.131. The van der Waals surface area contributed by atoms with Crippen LogP contribution in [0.4, 0.5) is 0 Å². The minimum Gasteiger partial charge on any atom is -0.427 e. The third-order valence-corrected chi connectivity index (χ3v) is 2.61. The molecule has 0 fully saturated rings. The largest absolute Gasteiger partial charge is 0.528 e. The van der Waals surface area contributed by atoms with Crippen LogP contribution in [0.15, 0.2) is 24.3 Å². The fourth-order valence-corrected chi connectivity index (χ4v) is 1.53. The molecule has 1 aromatic rings. The van der Waals surface area contributed by atoms with E-state index in [2.05, 4.69) is 0 Å². The molecule has 0 bridgehead atoms. The van der Waals surface area contributed by atoms with E-state index in [4.69, 9.17) is 19.1 Å². The predicted molar refractivity (Wildman–Crippen MR) is 49.8 cm³/mol. The molecule has 3 N–H and O–H groups in total. The summed E-state index contributed by atoms with van der Waals surface area (Å²) in [5.74, 6) is -0.169. The van der Waals surface area contributed by atoms with Gasteiger partial charge in [0.1, 0.15) is 5.75 Å². The number of carbonyl (C=O) groups is 1. The van der Waals surface area contributed by atoms with Crippen LogP contribution in [0.5, 0.6) is 5.75 Å². The molecule has 0 saturated carbocycles. The first-order chi connectivity index (χ1) is 6.39. The molecule has 0 saturated heterocycles. The van der Waals surface area contributed by atoms with Gasteiger partial charge in [0.15, 0.2) is 0 Å². The zero-order valence-electron chi connectivity index (χ0n) is 7.47. The minimum atomic E-state index is -4.24. The summed E-state index contributed by atoms with van der Waals surface area (Å²) in [6, 6.07) is 5.34. The van der Waals surface area contributed by atoms with Crippen molar-refractivity contribution < 1.29 is 23.9 Å². The summed E-state index contributed by atoms with van der Waals surface area (Å²) in [5.41, 5.74) is 0. The van der Waals surface area contributed by atoms with Gasteiger partial charge in [0.2, 0.25) is 0 Å². The zero-order chi connectivity index (χ0) is 10.8. The zero-order valence-corrected chi connectivity index (χ0v) is 8.47. The summed E-state index contributed by atoms with van der Waals surface area (Å²) in [6.07, 6.45) is 0. The summed E-state index contributed by atoms with van der Waals surface area (Å²) in [6.45, 7) is 1.26. The van der Waals surface area contributed by atoms with Crippen LogP contribution >= 0.6 is 0 Å². The van der Waals surface area contributed by atoms with Crippen LogP contribution in [0.1, 0.15) is 6.92 Å². The van der Waals surface area contributed by atoms with Gasteiger partial charge in [-0.15, -0.1) is 0 Å². The van der Waals surface area contributed by atoms with E-state index in [-0.39, 0.29) is 5.19 Å². The van der Waals surface area contributed by atoms with Crippen LogP contribution in [-0.2, 0) is 4.79 Å². The molecule has 0 atom stereocenters. The lowest BCUT2D eigenvalue weighted by Crippen LogP contribution is -2.48. The fourth-order valence-electron chi connectivity index (χ4n) is 0.913. The normalized spacial score (nSPS) is 11.1. The van der Waals surface area contributed by atoms with E-state index in [9.17, 15) is 4.79 Å². The van der Waals surface area contributed by atoms with E-state index >= 15 is 0 Å². The highest BCUT2D eigenvalue weighted by molar-refractivity contribution is 6.71. The average Bonchev–Trinajstić information content (AvgIpc) is 2.02. The van der Waals surface area contributed by atoms with Crippen LogP contribution < -0.4 is 9.92 Å². The van der Waals surface area contributed by atoms with Gasteiger partial charge in [0.05, 0.1) is 0 Å². The Labute approximate surface area is 81.6 Å². The summed E-state index contributed by atoms with van der Waals surface area (Å²) in [7, 11) is -4.24. The third kappa shape index (κ3) is 2.93. The maximum Gasteiger partial charge on any atom is 0.528 e. The molecular weight excluding hydrogens is 204 g/mol. The van der Waals surface area contributed by atoms with E-state index < -0.39 is 14.8 Å². The molecule has 5 nitrogen and oxygen atoms in total. The number of hydrogen-bond acceptors (Lipinski definition) is 5. The molecule has 76 valence electrons. The minimum absolute atomic E-state index is 0.0356. The SMILES string of the molecule is CC(=O)Oc1ccc([Si](O)(O)O)cc1. The lowest BCUT2D eigenvalue weighted by atomic mass is 10.3. The third-order valence-electron chi connectivity index (χ3n) is 1.50. The molecule has 0 amide bonds. The number of carbonyl (C=O) groups excluding carboxylic acids is 1. The van der Waals surface area contributed by atoms with Gasteiger partial charge in [-0.25, -0.2) is 0 Å². The van der Waals surface area contributed by atoms with Gasteiger partial charge in [-0.1, -0.05) is 12.1 Å². The molecule has 0 radical (unpaired) electrons. The maximum absolute atomic E-state index is 10.5. The van der Waals surface area contributed by atoms with E-state index in [1.54, 1.807) is 0 Å². The van der Waals surface area contributed by atoms with E-state index in [1.165, 1.54) is 31.2 Å². The van der Waals surface area contributed by atoms with Gasteiger partial charge in [-0.3, -0.25) is 4.79 Å². The fraction of sp³-hybridized carbons (Fsp3) is 0.125. The Morgan fingerprint density at radius 3 is 2.07 bits per heavy atom. The molecule has 1 aromatic carbocycles. The van der Waals surface area contributed by atoms with Crippen molar-refractivity contribution in [3.05, 3.63) is 24.3 Å². The quantitative estimate of drug-likeness (QED) is 0.325. The van der Waals surface area contributed by atoms with Crippen molar-refractivity contribution in [3.63, 3.8) is 0 Å². The molecule has 0 aliphatic heterocycles. The number of esters is 1. The Balaban J connectivity index is 2.84.